The second-order valence-electron chi connectivity index (χ2n) is 4.08. The van der Waals surface area contributed by atoms with Crippen molar-refractivity contribution in [3.05, 3.63) is 47.0 Å². The first-order valence-corrected chi connectivity index (χ1v) is 5.22. The Bertz CT molecular complexity index is 378. The smallest absolute Gasteiger partial charge is 0.0749 e. The number of benzene rings is 1. The molecule has 0 saturated carbocycles. The summed E-state index contributed by atoms with van der Waals surface area (Å²) in [6.45, 7) is 6.28. The third-order valence-electron chi connectivity index (χ3n) is 2.72. The van der Waals surface area contributed by atoms with E-state index in [2.05, 4.69) is 26.8 Å². The number of nitrogens with zero attached hydrogens (tertiary/aromatic N) is 1. The Morgan fingerprint density at radius 1 is 1.20 bits per heavy atom. The summed E-state index contributed by atoms with van der Waals surface area (Å²) < 4.78 is 0. The van der Waals surface area contributed by atoms with E-state index in [0.29, 0.717) is 0 Å². The Morgan fingerprint density at radius 2 is 1.80 bits per heavy atom. The second-order valence-corrected chi connectivity index (χ2v) is 4.08. The molecule has 15 heavy (non-hydrogen) atoms. The Morgan fingerprint density at radius 3 is 2.27 bits per heavy atom. The maximum absolute atomic E-state index is 9.14. The first-order valence-electron chi connectivity index (χ1n) is 5.22. The molecule has 1 heteroatoms. The summed E-state index contributed by atoms with van der Waals surface area (Å²) in [4.78, 5) is 0. The minimum absolute atomic E-state index is 0.0129. The Labute approximate surface area is 92.1 Å². The van der Waals surface area contributed by atoms with Gasteiger partial charge < -0.3 is 0 Å². The number of nitriles is 1. The topological polar surface area (TPSA) is 23.8 Å². The summed E-state index contributed by atoms with van der Waals surface area (Å²) >= 11 is 0. The van der Waals surface area contributed by atoms with E-state index >= 15 is 0 Å². The van der Waals surface area contributed by atoms with Gasteiger partial charge in [0.05, 0.1) is 12.0 Å². The van der Waals surface area contributed by atoms with E-state index in [1.165, 1.54) is 11.1 Å². The summed E-state index contributed by atoms with van der Waals surface area (Å²) in [5.74, 6) is -0.0129. The SMILES string of the molecule is CC(C)=C(C)CC(C#N)c1ccccc1. The van der Waals surface area contributed by atoms with Crippen molar-refractivity contribution in [3.63, 3.8) is 0 Å². The van der Waals surface area contributed by atoms with Gasteiger partial charge in [0.2, 0.25) is 0 Å². The van der Waals surface area contributed by atoms with E-state index in [9.17, 15) is 0 Å². The molecule has 1 aromatic rings. The predicted octanol–water partition coefficient (Wildman–Crippen LogP) is 4.04. The first-order chi connectivity index (χ1) is 7.15. The Kier molecular flexibility index (Phi) is 4.12. The molecule has 1 nitrogen and oxygen atoms in total. The lowest BCUT2D eigenvalue weighted by Crippen LogP contribution is -1.97. The van der Waals surface area contributed by atoms with Gasteiger partial charge in [-0.1, -0.05) is 41.5 Å². The summed E-state index contributed by atoms with van der Waals surface area (Å²) in [5, 5.41) is 9.14. The molecule has 1 unspecified atom stereocenters. The first kappa shape index (κ1) is 11.5. The molecule has 1 rings (SSSR count). The highest BCUT2D eigenvalue weighted by molar-refractivity contribution is 5.27. The van der Waals surface area contributed by atoms with Gasteiger partial charge in [-0.2, -0.15) is 5.26 Å². The van der Waals surface area contributed by atoms with Crippen molar-refractivity contribution in [2.24, 2.45) is 0 Å². The van der Waals surface area contributed by atoms with Crippen molar-refractivity contribution in [2.45, 2.75) is 33.1 Å². The van der Waals surface area contributed by atoms with Crippen molar-refractivity contribution in [1.29, 1.82) is 5.26 Å². The van der Waals surface area contributed by atoms with Crippen LogP contribution in [0, 0.1) is 11.3 Å². The van der Waals surface area contributed by atoms with E-state index in [0.717, 1.165) is 12.0 Å². The molecule has 0 spiro atoms. The zero-order chi connectivity index (χ0) is 11.3. The van der Waals surface area contributed by atoms with Gasteiger partial charge in [0.25, 0.3) is 0 Å². The van der Waals surface area contributed by atoms with Crippen LogP contribution < -0.4 is 0 Å². The zero-order valence-corrected chi connectivity index (χ0v) is 9.62. The van der Waals surface area contributed by atoms with Gasteiger partial charge >= 0.3 is 0 Å². The number of hydrogen-bond donors (Lipinski definition) is 0. The second kappa shape index (κ2) is 5.36. The van der Waals surface area contributed by atoms with Crippen molar-refractivity contribution in [3.8, 4) is 6.07 Å². The van der Waals surface area contributed by atoms with Crippen LogP contribution in [0.4, 0.5) is 0 Å². The largest absolute Gasteiger partial charge is 0.198 e. The summed E-state index contributed by atoms with van der Waals surface area (Å²) in [5.41, 5.74) is 3.73. The third-order valence-corrected chi connectivity index (χ3v) is 2.72. The molecule has 0 bridgehead atoms. The summed E-state index contributed by atoms with van der Waals surface area (Å²) in [6.07, 6.45) is 0.836. The fourth-order valence-electron chi connectivity index (χ4n) is 1.43. The van der Waals surface area contributed by atoms with Crippen LogP contribution >= 0.6 is 0 Å². The molecule has 0 aliphatic carbocycles. The lowest BCUT2D eigenvalue weighted by atomic mass is 9.92. The van der Waals surface area contributed by atoms with Crippen LogP contribution in [0.25, 0.3) is 0 Å². The minimum atomic E-state index is -0.0129. The van der Waals surface area contributed by atoms with E-state index in [1.54, 1.807) is 0 Å². The highest BCUT2D eigenvalue weighted by atomic mass is 14.3. The Balaban J connectivity index is 2.84. The van der Waals surface area contributed by atoms with E-state index in [-0.39, 0.29) is 5.92 Å². The van der Waals surface area contributed by atoms with Crippen LogP contribution in [-0.4, -0.2) is 0 Å². The molecule has 0 amide bonds. The monoisotopic (exact) mass is 199 g/mol. The zero-order valence-electron chi connectivity index (χ0n) is 9.62. The van der Waals surface area contributed by atoms with Gasteiger partial charge in [-0.15, -0.1) is 0 Å². The summed E-state index contributed by atoms with van der Waals surface area (Å²) in [6, 6.07) is 12.4. The van der Waals surface area contributed by atoms with Crippen LogP contribution in [-0.2, 0) is 0 Å². The molecular weight excluding hydrogens is 182 g/mol. The third kappa shape index (κ3) is 3.25. The standard InChI is InChI=1S/C14H17N/c1-11(2)12(3)9-14(10-15)13-7-5-4-6-8-13/h4-8,14H,9H2,1-3H3. The molecule has 78 valence electrons. The molecule has 0 fully saturated rings. The van der Waals surface area contributed by atoms with Crippen LogP contribution in [0.2, 0.25) is 0 Å². The Hall–Kier alpha value is -1.55. The van der Waals surface area contributed by atoms with Gasteiger partial charge in [0, 0.05) is 0 Å². The maximum atomic E-state index is 9.14. The number of allylic oxidation sites excluding steroid dienone is 2. The van der Waals surface area contributed by atoms with Gasteiger partial charge in [0.15, 0.2) is 0 Å². The number of rotatable bonds is 3. The fourth-order valence-corrected chi connectivity index (χ4v) is 1.43. The molecule has 0 aromatic heterocycles. The fraction of sp³-hybridized carbons (Fsp3) is 0.357. The normalized spacial score (nSPS) is 11.6. The van der Waals surface area contributed by atoms with Crippen LogP contribution in [0.3, 0.4) is 0 Å². The van der Waals surface area contributed by atoms with Gasteiger partial charge in [0.1, 0.15) is 0 Å². The average Bonchev–Trinajstić information content (AvgIpc) is 2.26. The van der Waals surface area contributed by atoms with E-state index in [4.69, 9.17) is 5.26 Å². The molecule has 0 N–H and O–H groups in total. The molecule has 0 aliphatic heterocycles. The van der Waals surface area contributed by atoms with Crippen molar-refractivity contribution >= 4 is 0 Å². The van der Waals surface area contributed by atoms with Crippen LogP contribution in [0.5, 0.6) is 0 Å². The number of hydrogen-bond acceptors (Lipinski definition) is 1. The van der Waals surface area contributed by atoms with Gasteiger partial charge in [-0.25, -0.2) is 0 Å². The maximum Gasteiger partial charge on any atom is 0.0749 e. The molecule has 0 saturated heterocycles. The molecule has 1 aromatic carbocycles. The van der Waals surface area contributed by atoms with Crippen molar-refractivity contribution in [1.82, 2.24) is 0 Å². The van der Waals surface area contributed by atoms with E-state index < -0.39 is 0 Å². The van der Waals surface area contributed by atoms with E-state index in [1.807, 2.05) is 30.3 Å². The van der Waals surface area contributed by atoms with Gasteiger partial charge in [-0.3, -0.25) is 0 Å². The summed E-state index contributed by atoms with van der Waals surface area (Å²) in [7, 11) is 0. The molecule has 1 atom stereocenters. The quantitative estimate of drug-likeness (QED) is 0.674. The van der Waals surface area contributed by atoms with Crippen molar-refractivity contribution in [2.75, 3.05) is 0 Å². The molecule has 0 radical (unpaired) electrons. The van der Waals surface area contributed by atoms with Crippen LogP contribution in [0.15, 0.2) is 41.5 Å². The van der Waals surface area contributed by atoms with Crippen LogP contribution in [0.1, 0.15) is 38.7 Å². The highest BCUT2D eigenvalue weighted by Crippen LogP contribution is 2.23. The molecule has 0 aliphatic rings. The average molecular weight is 199 g/mol. The molecular formula is C14H17N. The van der Waals surface area contributed by atoms with Crippen molar-refractivity contribution < 1.29 is 0 Å². The highest BCUT2D eigenvalue weighted by Gasteiger charge is 2.10. The molecule has 0 heterocycles. The lowest BCUT2D eigenvalue weighted by molar-refractivity contribution is 0.827. The predicted molar refractivity (Wildman–Crippen MR) is 63.5 cm³/mol. The van der Waals surface area contributed by atoms with Gasteiger partial charge in [-0.05, 0) is 32.8 Å². The lowest BCUT2D eigenvalue weighted by Gasteiger charge is -2.10. The minimum Gasteiger partial charge on any atom is -0.198 e.